The van der Waals surface area contributed by atoms with Crippen LogP contribution in [0.1, 0.15) is 29.2 Å². The van der Waals surface area contributed by atoms with Gasteiger partial charge in [-0.15, -0.1) is 0 Å². The molecule has 2 atom stereocenters. The molecule has 0 N–H and O–H groups in total. The van der Waals surface area contributed by atoms with E-state index in [4.69, 9.17) is 16.3 Å². The van der Waals surface area contributed by atoms with Gasteiger partial charge in [0.15, 0.2) is 0 Å². The van der Waals surface area contributed by atoms with E-state index in [0.29, 0.717) is 5.15 Å². The van der Waals surface area contributed by atoms with Gasteiger partial charge in [0, 0.05) is 25.0 Å². The van der Waals surface area contributed by atoms with Crippen molar-refractivity contribution in [3.05, 3.63) is 46.5 Å². The fraction of sp³-hybridized carbons (Fsp3) is 0.400. The molecule has 0 amide bonds. The summed E-state index contributed by atoms with van der Waals surface area (Å²) in [5, 5.41) is 4.71. The van der Waals surface area contributed by atoms with Crippen molar-refractivity contribution in [3.63, 3.8) is 0 Å². The minimum Gasteiger partial charge on any atom is -0.460 e. The van der Waals surface area contributed by atoms with Crippen molar-refractivity contribution in [3.8, 4) is 0 Å². The van der Waals surface area contributed by atoms with Crippen molar-refractivity contribution < 1.29 is 9.53 Å². The minimum atomic E-state index is -0.178. The molecule has 5 nitrogen and oxygen atoms in total. The topological polar surface area (TPSA) is 57.0 Å². The number of pyridine rings is 1. The molecule has 1 saturated carbocycles. The van der Waals surface area contributed by atoms with E-state index in [0.717, 1.165) is 23.2 Å². The Bertz CT molecular complexity index is 669. The summed E-state index contributed by atoms with van der Waals surface area (Å²) in [5.74, 6) is -0.00945. The maximum absolute atomic E-state index is 12.1. The van der Waals surface area contributed by atoms with Gasteiger partial charge in [0.1, 0.15) is 11.8 Å². The number of aromatic nitrogens is 3. The van der Waals surface area contributed by atoms with Crippen LogP contribution in [0.5, 0.6) is 0 Å². The summed E-state index contributed by atoms with van der Waals surface area (Å²) in [6.45, 7) is 2.03. The smallest absolute Gasteiger partial charge is 0.309 e. The number of carbonyl (C=O) groups excluding carboxylic acids is 1. The number of hydrogen-bond acceptors (Lipinski definition) is 4. The largest absolute Gasteiger partial charge is 0.460 e. The summed E-state index contributed by atoms with van der Waals surface area (Å²) in [5.41, 5.74) is 2.65. The molecule has 1 aliphatic rings. The summed E-state index contributed by atoms with van der Waals surface area (Å²) in [6.07, 6.45) is 4.36. The zero-order chi connectivity index (χ0) is 15.0. The molecule has 0 radical (unpaired) electrons. The van der Waals surface area contributed by atoms with E-state index in [-0.39, 0.29) is 24.4 Å². The van der Waals surface area contributed by atoms with Gasteiger partial charge in [0.2, 0.25) is 0 Å². The standard InChI is InChI=1S/C15H16ClN3O2/c1-9-13(14(16)19(2)18-9)8-21-15(20)12-6-11(12)10-4-3-5-17-7-10/h3-5,7,11-12H,6,8H2,1-2H3/t11-,12-/m1/s1. The molecular formula is C15H16ClN3O2. The first kappa shape index (κ1) is 14.1. The number of halogens is 1. The van der Waals surface area contributed by atoms with Crippen LogP contribution in [0.3, 0.4) is 0 Å². The molecule has 0 bridgehead atoms. The van der Waals surface area contributed by atoms with Gasteiger partial charge in [-0.05, 0) is 30.9 Å². The maximum Gasteiger partial charge on any atom is 0.309 e. The fourth-order valence-electron chi connectivity index (χ4n) is 2.51. The Labute approximate surface area is 127 Å². The molecule has 3 rings (SSSR count). The lowest BCUT2D eigenvalue weighted by Crippen LogP contribution is -2.08. The molecule has 0 spiro atoms. The molecule has 1 fully saturated rings. The molecule has 2 heterocycles. The minimum absolute atomic E-state index is 0.0649. The van der Waals surface area contributed by atoms with Gasteiger partial charge in [-0.2, -0.15) is 5.10 Å². The first-order valence-electron chi connectivity index (χ1n) is 6.82. The van der Waals surface area contributed by atoms with E-state index >= 15 is 0 Å². The van der Waals surface area contributed by atoms with Crippen LogP contribution in [-0.2, 0) is 23.2 Å². The van der Waals surface area contributed by atoms with Gasteiger partial charge in [-0.1, -0.05) is 17.7 Å². The van der Waals surface area contributed by atoms with Crippen molar-refractivity contribution in [1.29, 1.82) is 0 Å². The van der Waals surface area contributed by atoms with Gasteiger partial charge < -0.3 is 4.74 Å². The van der Waals surface area contributed by atoms with E-state index in [1.807, 2.05) is 19.1 Å². The highest BCUT2D eigenvalue weighted by Gasteiger charge is 2.45. The number of rotatable bonds is 4. The maximum atomic E-state index is 12.1. The molecule has 110 valence electrons. The Hall–Kier alpha value is -1.88. The van der Waals surface area contributed by atoms with E-state index in [1.54, 1.807) is 24.1 Å². The summed E-state index contributed by atoms with van der Waals surface area (Å²) >= 11 is 6.12. The van der Waals surface area contributed by atoms with E-state index in [2.05, 4.69) is 10.1 Å². The van der Waals surface area contributed by atoms with E-state index < -0.39 is 0 Å². The Morgan fingerprint density at radius 1 is 1.57 bits per heavy atom. The molecule has 2 aromatic rings. The second-order valence-electron chi connectivity index (χ2n) is 5.32. The molecular weight excluding hydrogens is 290 g/mol. The molecule has 21 heavy (non-hydrogen) atoms. The summed E-state index contributed by atoms with van der Waals surface area (Å²) in [7, 11) is 1.76. The van der Waals surface area contributed by atoms with E-state index in [9.17, 15) is 4.79 Å². The summed E-state index contributed by atoms with van der Waals surface area (Å²) in [4.78, 5) is 16.2. The Morgan fingerprint density at radius 3 is 3.00 bits per heavy atom. The average molecular weight is 306 g/mol. The SMILES string of the molecule is Cc1nn(C)c(Cl)c1COC(=O)[C@@H]1C[C@@H]1c1cccnc1. The monoisotopic (exact) mass is 305 g/mol. The highest BCUT2D eigenvalue weighted by atomic mass is 35.5. The van der Waals surface area contributed by atoms with Gasteiger partial charge in [0.25, 0.3) is 0 Å². The predicted molar refractivity (Wildman–Crippen MR) is 77.8 cm³/mol. The lowest BCUT2D eigenvalue weighted by atomic mass is 10.1. The molecule has 0 saturated heterocycles. The highest BCUT2D eigenvalue weighted by Crippen LogP contribution is 2.48. The second-order valence-corrected chi connectivity index (χ2v) is 5.68. The van der Waals surface area contributed by atoms with Crippen molar-refractivity contribution in [2.75, 3.05) is 0 Å². The summed E-state index contributed by atoms with van der Waals surface area (Å²) in [6, 6.07) is 3.88. The predicted octanol–water partition coefficient (Wildman–Crippen LogP) is 2.62. The van der Waals surface area contributed by atoms with Crippen LogP contribution in [-0.4, -0.2) is 20.7 Å². The van der Waals surface area contributed by atoms with Crippen LogP contribution in [0.4, 0.5) is 0 Å². The van der Waals surface area contributed by atoms with Crippen molar-refractivity contribution in [1.82, 2.24) is 14.8 Å². The molecule has 1 aliphatic carbocycles. The van der Waals surface area contributed by atoms with Gasteiger partial charge in [-0.25, -0.2) is 0 Å². The average Bonchev–Trinajstić information content (AvgIpc) is 3.24. The number of hydrogen-bond donors (Lipinski definition) is 0. The quantitative estimate of drug-likeness (QED) is 0.815. The number of esters is 1. The third-order valence-corrected chi connectivity index (χ3v) is 4.31. The number of carbonyl (C=O) groups is 1. The third-order valence-electron chi connectivity index (χ3n) is 3.83. The number of nitrogens with zero attached hydrogens (tertiary/aromatic N) is 3. The van der Waals surface area contributed by atoms with Crippen LogP contribution >= 0.6 is 11.6 Å². The normalized spacial score (nSPS) is 20.3. The Kier molecular flexibility index (Phi) is 3.68. The van der Waals surface area contributed by atoms with Gasteiger partial charge in [0.05, 0.1) is 11.6 Å². The van der Waals surface area contributed by atoms with Gasteiger partial charge in [-0.3, -0.25) is 14.5 Å². The fourth-order valence-corrected chi connectivity index (χ4v) is 2.74. The molecule has 0 aromatic carbocycles. The van der Waals surface area contributed by atoms with Gasteiger partial charge >= 0.3 is 5.97 Å². The van der Waals surface area contributed by atoms with Crippen molar-refractivity contribution >= 4 is 17.6 Å². The zero-order valence-electron chi connectivity index (χ0n) is 11.9. The second kappa shape index (κ2) is 5.48. The van der Waals surface area contributed by atoms with E-state index in [1.165, 1.54) is 0 Å². The van der Waals surface area contributed by atoms with Crippen LogP contribution in [0.25, 0.3) is 0 Å². The van der Waals surface area contributed by atoms with Crippen LogP contribution in [0, 0.1) is 12.8 Å². The molecule has 0 aliphatic heterocycles. The highest BCUT2D eigenvalue weighted by molar-refractivity contribution is 6.30. The Morgan fingerprint density at radius 2 is 2.38 bits per heavy atom. The van der Waals surface area contributed by atoms with Crippen molar-refractivity contribution in [2.45, 2.75) is 25.9 Å². The van der Waals surface area contributed by atoms with Crippen LogP contribution in [0.15, 0.2) is 24.5 Å². The first-order chi connectivity index (χ1) is 10.1. The molecule has 0 unspecified atom stereocenters. The number of ether oxygens (including phenoxy) is 1. The lowest BCUT2D eigenvalue weighted by molar-refractivity contribution is -0.146. The zero-order valence-corrected chi connectivity index (χ0v) is 12.7. The van der Waals surface area contributed by atoms with Crippen LogP contribution in [0.2, 0.25) is 5.15 Å². The molecule has 2 aromatic heterocycles. The third kappa shape index (κ3) is 2.78. The van der Waals surface area contributed by atoms with Crippen LogP contribution < -0.4 is 0 Å². The number of aryl methyl sites for hydroxylation is 2. The Balaban J connectivity index is 1.59. The molecule has 6 heteroatoms. The van der Waals surface area contributed by atoms with Crippen molar-refractivity contribution in [2.24, 2.45) is 13.0 Å². The lowest BCUT2D eigenvalue weighted by Gasteiger charge is -2.04. The summed E-state index contributed by atoms with van der Waals surface area (Å²) < 4.78 is 6.96. The first-order valence-corrected chi connectivity index (χ1v) is 7.20.